The lowest BCUT2D eigenvalue weighted by molar-refractivity contribution is 0.0500. The zero-order chi connectivity index (χ0) is 15.1. The van der Waals surface area contributed by atoms with Gasteiger partial charge in [-0.05, 0) is 30.7 Å². The Hall–Kier alpha value is -1.59. The number of nitrogens with one attached hydrogen (secondary N) is 1. The minimum absolute atomic E-state index is 0.274. The first kappa shape index (κ1) is 15.8. The van der Waals surface area contributed by atoms with Gasteiger partial charge in [-0.2, -0.15) is 0 Å². The van der Waals surface area contributed by atoms with E-state index in [1.807, 2.05) is 12.1 Å². The highest BCUT2D eigenvalue weighted by atomic mass is 35.5. The van der Waals surface area contributed by atoms with E-state index in [0.717, 1.165) is 23.4 Å². The standard InChI is InChI=1S/C15H17ClN2O2S/c1-2-3-8-20-14(19)11-4-6-12(7-5-11)17-9-13-10-18-15(16)21-13/h4-7,10,17H,2-3,8-9H2,1H3. The van der Waals surface area contributed by atoms with Crippen molar-refractivity contribution in [3.05, 3.63) is 45.4 Å². The lowest BCUT2D eigenvalue weighted by Gasteiger charge is -2.06. The highest BCUT2D eigenvalue weighted by molar-refractivity contribution is 7.15. The molecule has 4 nitrogen and oxygen atoms in total. The Balaban J connectivity index is 1.85. The van der Waals surface area contributed by atoms with E-state index in [9.17, 15) is 4.79 Å². The van der Waals surface area contributed by atoms with Crippen LogP contribution in [0.15, 0.2) is 30.5 Å². The highest BCUT2D eigenvalue weighted by Gasteiger charge is 2.06. The molecule has 0 saturated carbocycles. The molecule has 1 N–H and O–H groups in total. The summed E-state index contributed by atoms with van der Waals surface area (Å²) in [5.41, 5.74) is 1.50. The van der Waals surface area contributed by atoms with Crippen molar-refractivity contribution >= 4 is 34.6 Å². The van der Waals surface area contributed by atoms with Crippen molar-refractivity contribution in [1.29, 1.82) is 0 Å². The number of nitrogens with zero attached hydrogens (tertiary/aromatic N) is 1. The van der Waals surface area contributed by atoms with Gasteiger partial charge in [0, 0.05) is 16.8 Å². The fourth-order valence-corrected chi connectivity index (χ4v) is 2.59. The summed E-state index contributed by atoms with van der Waals surface area (Å²) >= 11 is 7.22. The lowest BCUT2D eigenvalue weighted by Crippen LogP contribution is -2.06. The topological polar surface area (TPSA) is 51.2 Å². The molecule has 0 aliphatic carbocycles. The second kappa shape index (κ2) is 8.00. The van der Waals surface area contributed by atoms with E-state index >= 15 is 0 Å². The minimum atomic E-state index is -0.274. The summed E-state index contributed by atoms with van der Waals surface area (Å²) in [7, 11) is 0. The Bertz CT molecular complexity index is 584. The van der Waals surface area contributed by atoms with E-state index in [1.54, 1.807) is 18.3 Å². The second-order valence-electron chi connectivity index (χ2n) is 4.50. The average molecular weight is 325 g/mol. The molecule has 0 unspecified atom stereocenters. The number of thiazole rings is 1. The van der Waals surface area contributed by atoms with Gasteiger partial charge in [0.15, 0.2) is 4.47 Å². The Labute approximate surface area is 133 Å². The summed E-state index contributed by atoms with van der Waals surface area (Å²) in [4.78, 5) is 16.8. The van der Waals surface area contributed by atoms with Crippen molar-refractivity contribution in [3.63, 3.8) is 0 Å². The largest absolute Gasteiger partial charge is 0.462 e. The van der Waals surface area contributed by atoms with Gasteiger partial charge in [-0.1, -0.05) is 24.9 Å². The number of unbranched alkanes of at least 4 members (excludes halogenated alkanes) is 1. The first-order valence-electron chi connectivity index (χ1n) is 6.80. The lowest BCUT2D eigenvalue weighted by atomic mass is 10.2. The Morgan fingerprint density at radius 1 is 1.38 bits per heavy atom. The van der Waals surface area contributed by atoms with Crippen molar-refractivity contribution < 1.29 is 9.53 Å². The van der Waals surface area contributed by atoms with Gasteiger partial charge in [0.2, 0.25) is 0 Å². The molecule has 2 rings (SSSR count). The van der Waals surface area contributed by atoms with Crippen LogP contribution in [0.5, 0.6) is 0 Å². The van der Waals surface area contributed by atoms with Crippen molar-refractivity contribution in [1.82, 2.24) is 4.98 Å². The number of rotatable bonds is 7. The number of carbonyl (C=O) groups excluding carboxylic acids is 1. The number of esters is 1. The molecule has 0 fully saturated rings. The van der Waals surface area contributed by atoms with Crippen LogP contribution < -0.4 is 5.32 Å². The molecular weight excluding hydrogens is 308 g/mol. The maximum atomic E-state index is 11.7. The maximum absolute atomic E-state index is 11.7. The monoisotopic (exact) mass is 324 g/mol. The summed E-state index contributed by atoms with van der Waals surface area (Å²) < 4.78 is 5.70. The second-order valence-corrected chi connectivity index (χ2v) is 6.20. The van der Waals surface area contributed by atoms with E-state index in [-0.39, 0.29) is 5.97 Å². The van der Waals surface area contributed by atoms with Crippen LogP contribution in [0.4, 0.5) is 5.69 Å². The van der Waals surface area contributed by atoms with E-state index in [2.05, 4.69) is 17.2 Å². The number of anilines is 1. The van der Waals surface area contributed by atoms with Gasteiger partial charge in [-0.15, -0.1) is 11.3 Å². The molecule has 1 aromatic heterocycles. The third-order valence-corrected chi connectivity index (χ3v) is 3.96. The Morgan fingerprint density at radius 2 is 2.14 bits per heavy atom. The number of hydrogen-bond acceptors (Lipinski definition) is 5. The first-order chi connectivity index (χ1) is 10.2. The molecule has 0 radical (unpaired) electrons. The highest BCUT2D eigenvalue weighted by Crippen LogP contribution is 2.19. The molecule has 0 spiro atoms. The van der Waals surface area contributed by atoms with Crippen LogP contribution in [0.1, 0.15) is 35.0 Å². The average Bonchev–Trinajstić information content (AvgIpc) is 2.91. The fraction of sp³-hybridized carbons (Fsp3) is 0.333. The van der Waals surface area contributed by atoms with Crippen LogP contribution in [-0.4, -0.2) is 17.6 Å². The number of carbonyl (C=O) groups is 1. The SMILES string of the molecule is CCCCOC(=O)c1ccc(NCc2cnc(Cl)s2)cc1. The molecular formula is C15H17ClN2O2S. The van der Waals surface area contributed by atoms with Crippen LogP contribution in [-0.2, 0) is 11.3 Å². The number of aromatic nitrogens is 1. The van der Waals surface area contributed by atoms with Gasteiger partial charge in [0.25, 0.3) is 0 Å². The van der Waals surface area contributed by atoms with Crippen LogP contribution in [0, 0.1) is 0 Å². The maximum Gasteiger partial charge on any atom is 0.338 e. The molecule has 21 heavy (non-hydrogen) atoms. The van der Waals surface area contributed by atoms with E-state index < -0.39 is 0 Å². The van der Waals surface area contributed by atoms with Crippen LogP contribution in [0.25, 0.3) is 0 Å². The fourth-order valence-electron chi connectivity index (χ4n) is 1.67. The third-order valence-electron chi connectivity index (χ3n) is 2.84. The number of ether oxygens (including phenoxy) is 1. The molecule has 1 heterocycles. The summed E-state index contributed by atoms with van der Waals surface area (Å²) in [6, 6.07) is 7.24. The van der Waals surface area contributed by atoms with Gasteiger partial charge in [0.05, 0.1) is 18.7 Å². The van der Waals surface area contributed by atoms with Crippen LogP contribution in [0.2, 0.25) is 4.47 Å². The summed E-state index contributed by atoms with van der Waals surface area (Å²) in [5, 5.41) is 3.25. The normalized spacial score (nSPS) is 10.4. The van der Waals surface area contributed by atoms with Crippen molar-refractivity contribution in [2.45, 2.75) is 26.3 Å². The number of benzene rings is 1. The summed E-state index contributed by atoms with van der Waals surface area (Å²) in [5.74, 6) is -0.274. The van der Waals surface area contributed by atoms with Crippen molar-refractivity contribution in [2.75, 3.05) is 11.9 Å². The van der Waals surface area contributed by atoms with Gasteiger partial charge < -0.3 is 10.1 Å². The third kappa shape index (κ3) is 5.02. The van der Waals surface area contributed by atoms with Crippen molar-refractivity contribution in [3.8, 4) is 0 Å². The molecule has 2 aromatic rings. The molecule has 0 atom stereocenters. The Kier molecular flexibility index (Phi) is 6.02. The molecule has 1 aromatic carbocycles. The first-order valence-corrected chi connectivity index (χ1v) is 7.99. The molecule has 6 heteroatoms. The molecule has 0 amide bonds. The van der Waals surface area contributed by atoms with Crippen LogP contribution in [0.3, 0.4) is 0 Å². The van der Waals surface area contributed by atoms with E-state index in [4.69, 9.17) is 16.3 Å². The minimum Gasteiger partial charge on any atom is -0.462 e. The predicted octanol–water partition coefficient (Wildman–Crippen LogP) is 4.37. The summed E-state index contributed by atoms with van der Waals surface area (Å²) in [6.45, 7) is 3.19. The number of hydrogen-bond donors (Lipinski definition) is 1. The zero-order valence-electron chi connectivity index (χ0n) is 11.8. The quantitative estimate of drug-likeness (QED) is 0.607. The summed E-state index contributed by atoms with van der Waals surface area (Å²) in [6.07, 6.45) is 3.65. The predicted molar refractivity (Wildman–Crippen MR) is 86.1 cm³/mol. The zero-order valence-corrected chi connectivity index (χ0v) is 13.3. The molecule has 0 aliphatic rings. The number of halogens is 1. The van der Waals surface area contributed by atoms with E-state index in [0.29, 0.717) is 23.2 Å². The van der Waals surface area contributed by atoms with Crippen molar-refractivity contribution in [2.24, 2.45) is 0 Å². The molecule has 0 saturated heterocycles. The van der Waals surface area contributed by atoms with Crippen LogP contribution >= 0.6 is 22.9 Å². The molecule has 0 bridgehead atoms. The van der Waals surface area contributed by atoms with E-state index in [1.165, 1.54) is 11.3 Å². The van der Waals surface area contributed by atoms with Gasteiger partial charge in [0.1, 0.15) is 0 Å². The Morgan fingerprint density at radius 3 is 2.76 bits per heavy atom. The van der Waals surface area contributed by atoms with Gasteiger partial charge in [-0.25, -0.2) is 9.78 Å². The molecule has 112 valence electrons. The van der Waals surface area contributed by atoms with Gasteiger partial charge in [-0.3, -0.25) is 0 Å². The smallest absolute Gasteiger partial charge is 0.338 e. The van der Waals surface area contributed by atoms with Gasteiger partial charge >= 0.3 is 5.97 Å². The molecule has 0 aliphatic heterocycles.